The maximum absolute atomic E-state index is 5.58. The molecule has 0 bridgehead atoms. The molecule has 0 unspecified atom stereocenters. The van der Waals surface area contributed by atoms with Crippen LogP contribution in [0.5, 0.6) is 0 Å². The molecule has 3 N–H and O–H groups in total. The minimum atomic E-state index is 0.577. The lowest BCUT2D eigenvalue weighted by Gasteiger charge is -2.11. The van der Waals surface area contributed by atoms with Gasteiger partial charge in [0.15, 0.2) is 0 Å². The van der Waals surface area contributed by atoms with Crippen LogP contribution in [0.15, 0.2) is 30.5 Å². The largest absolute Gasteiger partial charge is 0.359 e. The van der Waals surface area contributed by atoms with Crippen molar-refractivity contribution in [2.45, 2.75) is 26.8 Å². The normalized spacial score (nSPS) is 9.93. The van der Waals surface area contributed by atoms with Crippen LogP contribution in [-0.4, -0.2) is 0 Å². The molecule has 0 saturated heterocycles. The predicted molar refractivity (Wildman–Crippen MR) is 62.1 cm³/mol. The quantitative estimate of drug-likeness (QED) is 0.766. The molecule has 0 heterocycles. The van der Waals surface area contributed by atoms with Crippen molar-refractivity contribution < 1.29 is 0 Å². The van der Waals surface area contributed by atoms with E-state index in [1.165, 1.54) is 5.56 Å². The van der Waals surface area contributed by atoms with Gasteiger partial charge in [0.05, 0.1) is 0 Å². The molecule has 0 amide bonds. The average Bonchev–Trinajstić information content (AvgIpc) is 2.21. The summed E-state index contributed by atoms with van der Waals surface area (Å²) in [6.45, 7) is 8.66. The number of benzene rings is 1. The zero-order chi connectivity index (χ0) is 10.6. The lowest BCUT2D eigenvalue weighted by atomic mass is 10.1. The molecule has 0 radical (unpaired) electrons. The number of anilines is 1. The predicted octanol–water partition coefficient (Wildman–Crippen LogP) is 2.79. The van der Waals surface area contributed by atoms with E-state index in [2.05, 4.69) is 43.9 Å². The molecule has 0 aliphatic rings. The minimum absolute atomic E-state index is 0.577. The van der Waals surface area contributed by atoms with Gasteiger partial charge in [-0.2, -0.15) is 0 Å². The van der Waals surface area contributed by atoms with E-state index in [0.29, 0.717) is 6.54 Å². The maximum atomic E-state index is 5.58. The summed E-state index contributed by atoms with van der Waals surface area (Å²) in [5.41, 5.74) is 10.1. The molecular formula is C12H18N2. The van der Waals surface area contributed by atoms with Crippen LogP contribution in [0.3, 0.4) is 0 Å². The van der Waals surface area contributed by atoms with Crippen LogP contribution in [0.4, 0.5) is 5.69 Å². The van der Waals surface area contributed by atoms with Gasteiger partial charge in [-0.1, -0.05) is 25.6 Å². The molecule has 0 atom stereocenters. The monoisotopic (exact) mass is 190 g/mol. The van der Waals surface area contributed by atoms with Crippen LogP contribution in [0, 0.1) is 6.92 Å². The van der Waals surface area contributed by atoms with Crippen molar-refractivity contribution in [2.24, 2.45) is 5.73 Å². The zero-order valence-corrected chi connectivity index (χ0v) is 8.93. The maximum Gasteiger partial charge on any atom is 0.0414 e. The van der Waals surface area contributed by atoms with Crippen molar-refractivity contribution in [2.75, 3.05) is 5.32 Å². The van der Waals surface area contributed by atoms with Crippen LogP contribution < -0.4 is 11.1 Å². The first kappa shape index (κ1) is 10.8. The van der Waals surface area contributed by atoms with E-state index in [0.717, 1.165) is 23.4 Å². The number of hydrogen-bond acceptors (Lipinski definition) is 2. The number of nitrogens with one attached hydrogen (secondary N) is 1. The summed E-state index contributed by atoms with van der Waals surface area (Å²) in [5.74, 6) is 0. The van der Waals surface area contributed by atoms with Gasteiger partial charge in [0.25, 0.3) is 0 Å². The first-order valence-corrected chi connectivity index (χ1v) is 4.91. The highest BCUT2D eigenvalue weighted by atomic mass is 14.9. The van der Waals surface area contributed by atoms with E-state index >= 15 is 0 Å². The van der Waals surface area contributed by atoms with Crippen LogP contribution in [0.25, 0.3) is 0 Å². The second-order valence-electron chi connectivity index (χ2n) is 3.44. The van der Waals surface area contributed by atoms with E-state index in [1.54, 1.807) is 0 Å². The lowest BCUT2D eigenvalue weighted by molar-refractivity contribution is 1.06. The summed E-state index contributed by atoms with van der Waals surface area (Å²) in [6.07, 6.45) is 0.937. The summed E-state index contributed by atoms with van der Waals surface area (Å²) >= 11 is 0. The highest BCUT2D eigenvalue weighted by Crippen LogP contribution is 2.18. The molecule has 0 saturated carbocycles. The lowest BCUT2D eigenvalue weighted by Crippen LogP contribution is -2.02. The minimum Gasteiger partial charge on any atom is -0.359 e. The van der Waals surface area contributed by atoms with Gasteiger partial charge in [0, 0.05) is 17.9 Å². The second kappa shape index (κ2) is 4.82. The molecule has 76 valence electrons. The van der Waals surface area contributed by atoms with Gasteiger partial charge in [0.2, 0.25) is 0 Å². The zero-order valence-electron chi connectivity index (χ0n) is 8.93. The van der Waals surface area contributed by atoms with E-state index in [1.807, 2.05) is 0 Å². The number of hydrogen-bond donors (Lipinski definition) is 2. The highest BCUT2D eigenvalue weighted by molar-refractivity contribution is 5.55. The molecule has 14 heavy (non-hydrogen) atoms. The topological polar surface area (TPSA) is 38.0 Å². The third-order valence-corrected chi connectivity index (χ3v) is 2.28. The standard InChI is InChI=1S/C12H18N2/c1-4-10(3)14-12-7-11(8-13)6-5-9(12)2/h5-7,14H,3-4,8,13H2,1-2H3. The van der Waals surface area contributed by atoms with Crippen molar-refractivity contribution in [1.29, 1.82) is 0 Å². The van der Waals surface area contributed by atoms with E-state index < -0.39 is 0 Å². The molecule has 0 aliphatic carbocycles. The van der Waals surface area contributed by atoms with E-state index in [-0.39, 0.29) is 0 Å². The molecule has 1 aromatic rings. The molecule has 0 spiro atoms. The Hall–Kier alpha value is -1.28. The Balaban J connectivity index is 2.89. The van der Waals surface area contributed by atoms with Crippen molar-refractivity contribution in [3.8, 4) is 0 Å². The molecule has 0 fully saturated rings. The Morgan fingerprint density at radius 3 is 2.79 bits per heavy atom. The van der Waals surface area contributed by atoms with Crippen molar-refractivity contribution in [3.63, 3.8) is 0 Å². The van der Waals surface area contributed by atoms with E-state index in [4.69, 9.17) is 5.73 Å². The van der Waals surface area contributed by atoms with Gasteiger partial charge in [-0.25, -0.2) is 0 Å². The van der Waals surface area contributed by atoms with Gasteiger partial charge in [-0.05, 0) is 30.5 Å². The van der Waals surface area contributed by atoms with Gasteiger partial charge < -0.3 is 11.1 Å². The Labute approximate surface area is 85.8 Å². The van der Waals surface area contributed by atoms with Crippen molar-refractivity contribution in [3.05, 3.63) is 41.6 Å². The molecular weight excluding hydrogens is 172 g/mol. The van der Waals surface area contributed by atoms with E-state index in [9.17, 15) is 0 Å². The Bertz CT molecular complexity index is 329. The Morgan fingerprint density at radius 1 is 1.50 bits per heavy atom. The number of rotatable bonds is 4. The summed E-state index contributed by atoms with van der Waals surface area (Å²) < 4.78 is 0. The third kappa shape index (κ3) is 2.60. The fourth-order valence-corrected chi connectivity index (χ4v) is 1.21. The van der Waals surface area contributed by atoms with Gasteiger partial charge >= 0.3 is 0 Å². The van der Waals surface area contributed by atoms with Crippen molar-refractivity contribution in [1.82, 2.24) is 0 Å². The number of allylic oxidation sites excluding steroid dienone is 1. The summed E-state index contributed by atoms with van der Waals surface area (Å²) in [5, 5.41) is 3.28. The molecule has 0 aliphatic heterocycles. The summed E-state index contributed by atoms with van der Waals surface area (Å²) in [7, 11) is 0. The summed E-state index contributed by atoms with van der Waals surface area (Å²) in [6, 6.07) is 6.21. The Morgan fingerprint density at radius 2 is 2.21 bits per heavy atom. The third-order valence-electron chi connectivity index (χ3n) is 2.28. The van der Waals surface area contributed by atoms with Gasteiger partial charge in [0.1, 0.15) is 0 Å². The van der Waals surface area contributed by atoms with Crippen LogP contribution in [0.1, 0.15) is 24.5 Å². The fraction of sp³-hybridized carbons (Fsp3) is 0.333. The van der Waals surface area contributed by atoms with Crippen LogP contribution in [0.2, 0.25) is 0 Å². The number of nitrogens with two attached hydrogens (primary N) is 1. The second-order valence-corrected chi connectivity index (χ2v) is 3.44. The van der Waals surface area contributed by atoms with Crippen LogP contribution >= 0.6 is 0 Å². The molecule has 1 aromatic carbocycles. The highest BCUT2D eigenvalue weighted by Gasteiger charge is 1.99. The first-order valence-electron chi connectivity index (χ1n) is 4.91. The smallest absolute Gasteiger partial charge is 0.0414 e. The molecule has 1 rings (SSSR count). The Kier molecular flexibility index (Phi) is 3.72. The van der Waals surface area contributed by atoms with Crippen LogP contribution in [-0.2, 0) is 6.54 Å². The molecule has 2 heteroatoms. The van der Waals surface area contributed by atoms with Gasteiger partial charge in [-0.15, -0.1) is 0 Å². The SMILES string of the molecule is C=C(CC)Nc1cc(CN)ccc1C. The molecule has 0 aromatic heterocycles. The van der Waals surface area contributed by atoms with Gasteiger partial charge in [-0.3, -0.25) is 0 Å². The summed E-state index contributed by atoms with van der Waals surface area (Å²) in [4.78, 5) is 0. The molecule has 2 nitrogen and oxygen atoms in total. The van der Waals surface area contributed by atoms with Crippen molar-refractivity contribution >= 4 is 5.69 Å². The fourth-order valence-electron chi connectivity index (χ4n) is 1.21. The average molecular weight is 190 g/mol. The number of aryl methyl sites for hydroxylation is 1. The first-order chi connectivity index (χ1) is 6.67.